The second-order valence-electron chi connectivity index (χ2n) is 6.27. The number of carbonyl (C=O) groups excluding carboxylic acids is 2. The smallest absolute Gasteiger partial charge is 0.257 e. The fraction of sp³-hybridized carbons (Fsp3) is 0.647. The summed E-state index contributed by atoms with van der Waals surface area (Å²) in [5, 5.41) is 2.97. The van der Waals surface area contributed by atoms with Crippen molar-refractivity contribution in [1.29, 1.82) is 0 Å². The Labute approximate surface area is 137 Å². The normalized spacial score (nSPS) is 17.1. The van der Waals surface area contributed by atoms with Gasteiger partial charge >= 0.3 is 0 Å². The number of amides is 2. The molecule has 1 aliphatic heterocycles. The monoisotopic (exact) mass is 321 g/mol. The van der Waals surface area contributed by atoms with Crippen LogP contribution in [0.2, 0.25) is 0 Å². The zero-order valence-electron chi connectivity index (χ0n) is 14.5. The van der Waals surface area contributed by atoms with Gasteiger partial charge in [-0.25, -0.2) is 0 Å². The first-order chi connectivity index (χ1) is 10.9. The molecule has 1 aliphatic rings. The van der Waals surface area contributed by atoms with Crippen LogP contribution in [0.5, 0.6) is 0 Å². The molecule has 1 N–H and O–H groups in total. The Kier molecular flexibility index (Phi) is 5.82. The number of aryl methyl sites for hydroxylation is 2. The molecule has 6 nitrogen and oxygen atoms in total. The Morgan fingerprint density at radius 3 is 2.43 bits per heavy atom. The summed E-state index contributed by atoms with van der Waals surface area (Å²) < 4.78 is 5.44. The van der Waals surface area contributed by atoms with Gasteiger partial charge in [-0.15, -0.1) is 0 Å². The van der Waals surface area contributed by atoms with Crippen molar-refractivity contribution in [2.75, 3.05) is 32.7 Å². The first kappa shape index (κ1) is 17.5. The van der Waals surface area contributed by atoms with Gasteiger partial charge in [0.25, 0.3) is 5.91 Å². The zero-order valence-corrected chi connectivity index (χ0v) is 14.5. The molecule has 1 unspecified atom stereocenters. The number of hydrogen-bond acceptors (Lipinski definition) is 4. The average Bonchev–Trinajstić information content (AvgIpc) is 2.85. The summed E-state index contributed by atoms with van der Waals surface area (Å²) in [5.41, 5.74) is 0.644. The van der Waals surface area contributed by atoms with Crippen molar-refractivity contribution in [1.82, 2.24) is 15.1 Å². The summed E-state index contributed by atoms with van der Waals surface area (Å²) in [6.45, 7) is 10.8. The van der Waals surface area contributed by atoms with Crippen LogP contribution in [0.25, 0.3) is 0 Å². The molecule has 23 heavy (non-hydrogen) atoms. The summed E-state index contributed by atoms with van der Waals surface area (Å²) in [7, 11) is 0. The van der Waals surface area contributed by atoms with Crippen LogP contribution in [-0.4, -0.2) is 60.4 Å². The molecule has 0 spiro atoms. The first-order valence-corrected chi connectivity index (χ1v) is 8.28. The zero-order chi connectivity index (χ0) is 17.0. The predicted molar refractivity (Wildman–Crippen MR) is 88.4 cm³/mol. The molecule has 0 bridgehead atoms. The highest BCUT2D eigenvalue weighted by molar-refractivity contribution is 5.95. The lowest BCUT2D eigenvalue weighted by Gasteiger charge is -2.34. The van der Waals surface area contributed by atoms with Gasteiger partial charge in [0, 0.05) is 32.2 Å². The second-order valence-corrected chi connectivity index (χ2v) is 6.27. The number of rotatable bonds is 5. The quantitative estimate of drug-likeness (QED) is 0.894. The lowest BCUT2D eigenvalue weighted by molar-refractivity contribution is -0.123. The lowest BCUT2D eigenvalue weighted by atomic mass is 10.2. The molecular weight excluding hydrogens is 294 g/mol. The van der Waals surface area contributed by atoms with Gasteiger partial charge in [0.2, 0.25) is 5.91 Å². The molecule has 1 atom stereocenters. The maximum atomic E-state index is 12.5. The summed E-state index contributed by atoms with van der Waals surface area (Å²) in [6, 6.07) is 2.00. The van der Waals surface area contributed by atoms with Crippen LogP contribution in [-0.2, 0) is 4.79 Å². The molecule has 1 saturated heterocycles. The Bertz CT molecular complexity index is 559. The van der Waals surface area contributed by atoms with Gasteiger partial charge in [-0.05, 0) is 33.3 Å². The Morgan fingerprint density at radius 1 is 1.26 bits per heavy atom. The standard InChI is InChI=1S/C17H27N3O3/c1-5-12(2)18-16(21)11-19-6-8-20(9-7-19)17(22)15-10-13(3)23-14(15)4/h10,12H,5-9,11H2,1-4H3,(H,18,21). The largest absolute Gasteiger partial charge is 0.466 e. The van der Waals surface area contributed by atoms with Crippen LogP contribution in [0.4, 0.5) is 0 Å². The Balaban J connectivity index is 1.83. The summed E-state index contributed by atoms with van der Waals surface area (Å²) >= 11 is 0. The SMILES string of the molecule is CCC(C)NC(=O)CN1CCN(C(=O)c2cc(C)oc2C)CC1. The van der Waals surface area contributed by atoms with E-state index in [-0.39, 0.29) is 17.9 Å². The molecule has 2 heterocycles. The molecule has 6 heteroatoms. The van der Waals surface area contributed by atoms with Crippen molar-refractivity contribution in [2.24, 2.45) is 0 Å². The highest BCUT2D eigenvalue weighted by Gasteiger charge is 2.25. The molecule has 0 aromatic carbocycles. The minimum atomic E-state index is 0.0167. The van der Waals surface area contributed by atoms with Gasteiger partial charge in [-0.2, -0.15) is 0 Å². The van der Waals surface area contributed by atoms with Crippen molar-refractivity contribution in [3.63, 3.8) is 0 Å². The fourth-order valence-electron chi connectivity index (χ4n) is 2.75. The van der Waals surface area contributed by atoms with E-state index >= 15 is 0 Å². The van der Waals surface area contributed by atoms with E-state index < -0.39 is 0 Å². The van der Waals surface area contributed by atoms with Gasteiger partial charge in [0.15, 0.2) is 0 Å². The molecule has 1 aromatic rings. The molecule has 1 fully saturated rings. The highest BCUT2D eigenvalue weighted by Crippen LogP contribution is 2.17. The third-order valence-electron chi connectivity index (χ3n) is 4.32. The van der Waals surface area contributed by atoms with Crippen LogP contribution >= 0.6 is 0 Å². The van der Waals surface area contributed by atoms with E-state index in [0.29, 0.717) is 31.0 Å². The van der Waals surface area contributed by atoms with Gasteiger partial charge in [-0.1, -0.05) is 6.92 Å². The van der Waals surface area contributed by atoms with Crippen molar-refractivity contribution in [3.05, 3.63) is 23.2 Å². The molecule has 2 amide bonds. The highest BCUT2D eigenvalue weighted by atomic mass is 16.3. The maximum Gasteiger partial charge on any atom is 0.257 e. The average molecular weight is 321 g/mol. The third-order valence-corrected chi connectivity index (χ3v) is 4.32. The maximum absolute atomic E-state index is 12.5. The van der Waals surface area contributed by atoms with Crippen LogP contribution in [0.15, 0.2) is 10.5 Å². The molecule has 0 saturated carbocycles. The lowest BCUT2D eigenvalue weighted by Crippen LogP contribution is -2.51. The first-order valence-electron chi connectivity index (χ1n) is 8.28. The van der Waals surface area contributed by atoms with Crippen LogP contribution < -0.4 is 5.32 Å². The molecular formula is C17H27N3O3. The van der Waals surface area contributed by atoms with Crippen LogP contribution in [0.1, 0.15) is 42.1 Å². The van der Waals surface area contributed by atoms with Crippen LogP contribution in [0, 0.1) is 13.8 Å². The van der Waals surface area contributed by atoms with Gasteiger partial charge < -0.3 is 14.6 Å². The van der Waals surface area contributed by atoms with Gasteiger partial charge in [0.1, 0.15) is 11.5 Å². The molecule has 2 rings (SSSR count). The second kappa shape index (κ2) is 7.64. The molecule has 0 radical (unpaired) electrons. The molecule has 0 aliphatic carbocycles. The summed E-state index contributed by atoms with van der Waals surface area (Å²) in [6.07, 6.45) is 0.928. The minimum absolute atomic E-state index is 0.0167. The van der Waals surface area contributed by atoms with Gasteiger partial charge in [0.05, 0.1) is 12.1 Å². The van der Waals surface area contributed by atoms with E-state index in [1.54, 1.807) is 6.07 Å². The van der Waals surface area contributed by atoms with E-state index in [4.69, 9.17) is 4.42 Å². The Morgan fingerprint density at radius 2 is 1.91 bits per heavy atom. The number of furan rings is 1. The van der Waals surface area contributed by atoms with Crippen molar-refractivity contribution >= 4 is 11.8 Å². The predicted octanol–water partition coefficient (Wildman–Crippen LogP) is 1.57. The number of piperazine rings is 1. The molecule has 128 valence electrons. The molecule has 1 aromatic heterocycles. The van der Waals surface area contributed by atoms with Crippen molar-refractivity contribution in [2.45, 2.75) is 40.2 Å². The van der Waals surface area contributed by atoms with E-state index in [1.165, 1.54) is 0 Å². The number of hydrogen-bond donors (Lipinski definition) is 1. The van der Waals surface area contributed by atoms with Crippen molar-refractivity contribution in [3.8, 4) is 0 Å². The number of carbonyl (C=O) groups is 2. The minimum Gasteiger partial charge on any atom is -0.466 e. The topological polar surface area (TPSA) is 65.8 Å². The van der Waals surface area contributed by atoms with E-state index in [1.807, 2.05) is 25.7 Å². The van der Waals surface area contributed by atoms with Crippen molar-refractivity contribution < 1.29 is 14.0 Å². The third kappa shape index (κ3) is 4.58. The number of nitrogens with zero attached hydrogens (tertiary/aromatic N) is 2. The Hall–Kier alpha value is -1.82. The summed E-state index contributed by atoms with van der Waals surface area (Å²) in [5.74, 6) is 1.50. The fourth-order valence-corrected chi connectivity index (χ4v) is 2.75. The number of nitrogens with one attached hydrogen (secondary N) is 1. The summed E-state index contributed by atoms with van der Waals surface area (Å²) in [4.78, 5) is 28.4. The van der Waals surface area contributed by atoms with Gasteiger partial charge in [-0.3, -0.25) is 14.5 Å². The van der Waals surface area contributed by atoms with Crippen LogP contribution in [0.3, 0.4) is 0 Å². The van der Waals surface area contributed by atoms with E-state index in [2.05, 4.69) is 17.1 Å². The van der Waals surface area contributed by atoms with E-state index in [0.717, 1.165) is 25.3 Å². The van der Waals surface area contributed by atoms with E-state index in [9.17, 15) is 9.59 Å².